The summed E-state index contributed by atoms with van der Waals surface area (Å²) in [5.74, 6) is 1.82. The van der Waals surface area contributed by atoms with Crippen LogP contribution in [0.1, 0.15) is 25.7 Å². The van der Waals surface area contributed by atoms with E-state index in [0.29, 0.717) is 6.04 Å². The van der Waals surface area contributed by atoms with E-state index < -0.39 is 0 Å². The predicted octanol–water partition coefficient (Wildman–Crippen LogP) is 1.02. The Labute approximate surface area is 144 Å². The summed E-state index contributed by atoms with van der Waals surface area (Å²) in [6.45, 7) is 6.34. The molecule has 24 heavy (non-hydrogen) atoms. The van der Waals surface area contributed by atoms with Crippen LogP contribution >= 0.6 is 0 Å². The van der Waals surface area contributed by atoms with Crippen molar-refractivity contribution in [3.05, 3.63) is 18.6 Å². The van der Waals surface area contributed by atoms with Crippen LogP contribution in [-0.4, -0.2) is 78.1 Å². The molecule has 1 unspecified atom stereocenters. The van der Waals surface area contributed by atoms with E-state index in [1.807, 2.05) is 7.05 Å². The Morgan fingerprint density at radius 1 is 1.21 bits per heavy atom. The number of anilines is 1. The SMILES string of the molecule is CN=C(NCCNc1cnccn1)N1CCC(N2CCCCC2)C1. The van der Waals surface area contributed by atoms with Gasteiger partial charge in [0.1, 0.15) is 5.82 Å². The summed E-state index contributed by atoms with van der Waals surface area (Å²) < 4.78 is 0. The molecule has 0 bridgehead atoms. The van der Waals surface area contributed by atoms with E-state index in [2.05, 4.69) is 35.4 Å². The summed E-state index contributed by atoms with van der Waals surface area (Å²) in [5.41, 5.74) is 0. The van der Waals surface area contributed by atoms with E-state index in [1.54, 1.807) is 18.6 Å². The lowest BCUT2D eigenvalue weighted by Crippen LogP contribution is -2.45. The molecule has 1 atom stereocenters. The Morgan fingerprint density at radius 3 is 2.83 bits per heavy atom. The highest BCUT2D eigenvalue weighted by atomic mass is 15.3. The first-order valence-corrected chi connectivity index (χ1v) is 9.06. The van der Waals surface area contributed by atoms with Gasteiger partial charge >= 0.3 is 0 Å². The molecule has 0 aliphatic carbocycles. The second-order valence-corrected chi connectivity index (χ2v) is 6.48. The normalized spacial score (nSPS) is 22.6. The molecular weight excluding hydrogens is 302 g/mol. The Hall–Kier alpha value is -1.89. The molecule has 1 aromatic rings. The number of aromatic nitrogens is 2. The number of nitrogens with one attached hydrogen (secondary N) is 2. The zero-order valence-corrected chi connectivity index (χ0v) is 14.6. The van der Waals surface area contributed by atoms with Crippen molar-refractivity contribution in [2.75, 3.05) is 51.6 Å². The van der Waals surface area contributed by atoms with Gasteiger partial charge < -0.3 is 15.5 Å². The lowest BCUT2D eigenvalue weighted by atomic mass is 10.1. The fraction of sp³-hybridized carbons (Fsp3) is 0.706. The van der Waals surface area contributed by atoms with Gasteiger partial charge in [0.2, 0.25) is 0 Å². The Balaban J connectivity index is 1.40. The summed E-state index contributed by atoms with van der Waals surface area (Å²) >= 11 is 0. The van der Waals surface area contributed by atoms with Gasteiger partial charge in [-0.2, -0.15) is 0 Å². The average Bonchev–Trinajstić information content (AvgIpc) is 3.13. The Bertz CT molecular complexity index is 513. The average molecular weight is 331 g/mol. The van der Waals surface area contributed by atoms with Crippen molar-refractivity contribution in [3.8, 4) is 0 Å². The zero-order valence-electron chi connectivity index (χ0n) is 14.6. The van der Waals surface area contributed by atoms with Crippen LogP contribution in [0, 0.1) is 0 Å². The van der Waals surface area contributed by atoms with Crippen LogP contribution in [0.2, 0.25) is 0 Å². The van der Waals surface area contributed by atoms with Crippen LogP contribution in [0.5, 0.6) is 0 Å². The molecule has 0 amide bonds. The first kappa shape index (κ1) is 17.0. The highest BCUT2D eigenvalue weighted by Gasteiger charge is 2.29. The highest BCUT2D eigenvalue weighted by Crippen LogP contribution is 2.20. The summed E-state index contributed by atoms with van der Waals surface area (Å²) in [7, 11) is 1.87. The van der Waals surface area contributed by atoms with Crippen LogP contribution in [-0.2, 0) is 0 Å². The minimum atomic E-state index is 0.696. The van der Waals surface area contributed by atoms with E-state index in [1.165, 1.54) is 38.8 Å². The number of nitrogens with zero attached hydrogens (tertiary/aromatic N) is 5. The lowest BCUT2D eigenvalue weighted by molar-refractivity contribution is 0.168. The molecule has 0 saturated carbocycles. The van der Waals surface area contributed by atoms with Crippen LogP contribution in [0.3, 0.4) is 0 Å². The largest absolute Gasteiger partial charge is 0.367 e. The Morgan fingerprint density at radius 2 is 2.08 bits per heavy atom. The van der Waals surface area contributed by atoms with Gasteiger partial charge in [0.15, 0.2) is 5.96 Å². The zero-order chi connectivity index (χ0) is 16.6. The van der Waals surface area contributed by atoms with Crippen molar-refractivity contribution in [2.24, 2.45) is 4.99 Å². The van der Waals surface area contributed by atoms with E-state index in [9.17, 15) is 0 Å². The van der Waals surface area contributed by atoms with Crippen molar-refractivity contribution >= 4 is 11.8 Å². The molecule has 2 fully saturated rings. The molecule has 2 aliphatic heterocycles. The van der Waals surface area contributed by atoms with E-state index in [0.717, 1.165) is 38.0 Å². The number of hydrogen-bond donors (Lipinski definition) is 2. The third kappa shape index (κ3) is 4.56. The van der Waals surface area contributed by atoms with E-state index >= 15 is 0 Å². The first-order chi connectivity index (χ1) is 11.9. The molecule has 0 radical (unpaired) electrons. The third-order valence-electron chi connectivity index (χ3n) is 4.86. The quantitative estimate of drug-likeness (QED) is 0.477. The molecular formula is C17H29N7. The predicted molar refractivity (Wildman–Crippen MR) is 97.3 cm³/mol. The number of aliphatic imine (C=N–C) groups is 1. The van der Waals surface area contributed by atoms with Gasteiger partial charge in [0.05, 0.1) is 6.20 Å². The molecule has 132 valence electrons. The monoisotopic (exact) mass is 331 g/mol. The van der Waals surface area contributed by atoms with Crippen LogP contribution in [0.15, 0.2) is 23.6 Å². The molecule has 2 N–H and O–H groups in total. The second kappa shape index (κ2) is 8.82. The molecule has 7 nitrogen and oxygen atoms in total. The number of piperidine rings is 1. The molecule has 0 spiro atoms. The van der Waals surface area contributed by atoms with E-state index in [-0.39, 0.29) is 0 Å². The molecule has 1 aromatic heterocycles. The van der Waals surface area contributed by atoms with Gasteiger partial charge in [-0.1, -0.05) is 6.42 Å². The number of rotatable bonds is 5. The van der Waals surface area contributed by atoms with Gasteiger partial charge in [-0.25, -0.2) is 4.98 Å². The smallest absolute Gasteiger partial charge is 0.193 e. The van der Waals surface area contributed by atoms with Gasteiger partial charge in [-0.15, -0.1) is 0 Å². The first-order valence-electron chi connectivity index (χ1n) is 9.06. The molecule has 2 saturated heterocycles. The fourth-order valence-electron chi connectivity index (χ4n) is 3.60. The molecule has 3 rings (SSSR count). The summed E-state index contributed by atoms with van der Waals surface area (Å²) in [4.78, 5) is 17.8. The van der Waals surface area contributed by atoms with Crippen molar-refractivity contribution in [3.63, 3.8) is 0 Å². The number of likely N-dealkylation sites (tertiary alicyclic amines) is 2. The minimum Gasteiger partial charge on any atom is -0.367 e. The van der Waals surface area contributed by atoms with Gasteiger partial charge in [-0.3, -0.25) is 14.9 Å². The van der Waals surface area contributed by atoms with E-state index in [4.69, 9.17) is 0 Å². The minimum absolute atomic E-state index is 0.696. The van der Waals surface area contributed by atoms with Crippen LogP contribution in [0.4, 0.5) is 5.82 Å². The van der Waals surface area contributed by atoms with Crippen LogP contribution in [0.25, 0.3) is 0 Å². The maximum Gasteiger partial charge on any atom is 0.193 e. The standard InChI is InChI=1S/C17H29N7/c1-18-17(22-9-8-21-16-13-19-6-7-20-16)24-12-5-15(14-24)23-10-3-2-4-11-23/h6-7,13,15H,2-5,8-12,14H2,1H3,(H,18,22)(H,20,21). The topological polar surface area (TPSA) is 68.7 Å². The molecule has 7 heteroatoms. The lowest BCUT2D eigenvalue weighted by Gasteiger charge is -2.32. The summed E-state index contributed by atoms with van der Waals surface area (Å²) in [6.07, 6.45) is 10.5. The number of guanidine groups is 1. The van der Waals surface area contributed by atoms with Crippen molar-refractivity contribution in [2.45, 2.75) is 31.7 Å². The van der Waals surface area contributed by atoms with Crippen molar-refractivity contribution in [1.82, 2.24) is 25.1 Å². The van der Waals surface area contributed by atoms with Crippen LogP contribution < -0.4 is 10.6 Å². The summed E-state index contributed by atoms with van der Waals surface area (Å²) in [6, 6.07) is 0.696. The van der Waals surface area contributed by atoms with Crippen molar-refractivity contribution < 1.29 is 0 Å². The number of hydrogen-bond acceptors (Lipinski definition) is 5. The molecule has 3 heterocycles. The van der Waals surface area contributed by atoms with Crippen molar-refractivity contribution in [1.29, 1.82) is 0 Å². The highest BCUT2D eigenvalue weighted by molar-refractivity contribution is 5.80. The maximum atomic E-state index is 4.45. The third-order valence-corrected chi connectivity index (χ3v) is 4.86. The Kier molecular flexibility index (Phi) is 6.23. The van der Waals surface area contributed by atoms with Gasteiger partial charge in [0.25, 0.3) is 0 Å². The maximum absolute atomic E-state index is 4.45. The second-order valence-electron chi connectivity index (χ2n) is 6.48. The molecule has 2 aliphatic rings. The van der Waals surface area contributed by atoms with Gasteiger partial charge in [0, 0.05) is 51.7 Å². The fourth-order valence-corrected chi connectivity index (χ4v) is 3.60. The van der Waals surface area contributed by atoms with Gasteiger partial charge in [-0.05, 0) is 32.4 Å². The summed E-state index contributed by atoms with van der Waals surface area (Å²) in [5, 5.41) is 6.71. The molecule has 0 aromatic carbocycles.